The molecule has 56 heavy (non-hydrogen) atoms. The molecule has 1 saturated heterocycles. The average molecular weight is 791 g/mol. The Labute approximate surface area is 335 Å². The molecule has 0 radical (unpaired) electrons. The van der Waals surface area contributed by atoms with Gasteiger partial charge in [-0.05, 0) is 84.1 Å². The fourth-order valence-corrected chi connectivity index (χ4v) is 6.29. The van der Waals surface area contributed by atoms with E-state index in [2.05, 4.69) is 60.6 Å². The number of likely N-dealkylation sites (tertiary alicyclic amines) is 1. The van der Waals surface area contributed by atoms with Crippen LogP contribution in [0.15, 0.2) is 67.8 Å². The number of Topliss-reactive ketones (excluding diaryl/α,β-unsaturated/α-hetero) is 1. The van der Waals surface area contributed by atoms with Crippen molar-refractivity contribution in [2.45, 2.75) is 155 Å². The SMILES string of the molecule is C=C(CC(=O)C(CCC(F)F)NC(=O)C1CCCN1C(=O)C(NC(=C)OC(C)(C)C)C1CCCCC1)NC(C)c1ccccc1.C=CNC.CCCC.NC=O. The number of halogens is 2. The smallest absolute Gasteiger partial charge is 0.246 e. The fourth-order valence-electron chi connectivity index (χ4n) is 6.29. The highest BCUT2D eigenvalue weighted by molar-refractivity contribution is 5.94. The van der Waals surface area contributed by atoms with Crippen molar-refractivity contribution in [3.8, 4) is 0 Å². The lowest BCUT2D eigenvalue weighted by Gasteiger charge is -2.36. The number of nitrogens with two attached hydrogens (primary N) is 1. The minimum atomic E-state index is -2.62. The molecule has 11 nitrogen and oxygen atoms in total. The molecule has 1 saturated carbocycles. The molecule has 4 atom stereocenters. The van der Waals surface area contributed by atoms with Crippen molar-refractivity contribution in [1.29, 1.82) is 0 Å². The molecule has 318 valence electrons. The Morgan fingerprint density at radius 3 is 2.04 bits per heavy atom. The van der Waals surface area contributed by atoms with Crippen molar-refractivity contribution in [2.75, 3.05) is 13.6 Å². The summed E-state index contributed by atoms with van der Waals surface area (Å²) in [5, 5.41) is 11.9. The van der Waals surface area contributed by atoms with Crippen LogP contribution in [0.5, 0.6) is 0 Å². The number of nitrogens with one attached hydrogen (secondary N) is 4. The number of hydrogen-bond donors (Lipinski definition) is 5. The van der Waals surface area contributed by atoms with Crippen LogP contribution in [-0.2, 0) is 23.9 Å². The summed E-state index contributed by atoms with van der Waals surface area (Å²) < 4.78 is 32.3. The van der Waals surface area contributed by atoms with E-state index in [1.807, 2.05) is 65.1 Å². The second-order valence-electron chi connectivity index (χ2n) is 15.0. The molecule has 1 heterocycles. The van der Waals surface area contributed by atoms with Gasteiger partial charge in [0.05, 0.1) is 6.04 Å². The van der Waals surface area contributed by atoms with E-state index in [0.29, 0.717) is 31.0 Å². The van der Waals surface area contributed by atoms with E-state index in [1.165, 1.54) is 12.8 Å². The van der Waals surface area contributed by atoms with Crippen molar-refractivity contribution >= 4 is 24.0 Å². The molecule has 1 aliphatic carbocycles. The number of carbonyl (C=O) groups excluding carboxylic acids is 4. The van der Waals surface area contributed by atoms with Crippen LogP contribution in [0.25, 0.3) is 0 Å². The molecule has 4 unspecified atom stereocenters. The highest BCUT2D eigenvalue weighted by Crippen LogP contribution is 2.30. The van der Waals surface area contributed by atoms with Gasteiger partial charge in [0.15, 0.2) is 11.7 Å². The van der Waals surface area contributed by atoms with Crippen molar-refractivity contribution < 1.29 is 32.7 Å². The minimum Gasteiger partial charge on any atom is -0.474 e. The lowest BCUT2D eigenvalue weighted by molar-refractivity contribution is -0.142. The van der Waals surface area contributed by atoms with E-state index in [0.717, 1.165) is 37.7 Å². The van der Waals surface area contributed by atoms with E-state index in [4.69, 9.17) is 9.53 Å². The van der Waals surface area contributed by atoms with Gasteiger partial charge in [0.2, 0.25) is 24.6 Å². The van der Waals surface area contributed by atoms with Gasteiger partial charge >= 0.3 is 0 Å². The lowest BCUT2D eigenvalue weighted by Crippen LogP contribution is -2.56. The fraction of sp³-hybridized carbons (Fsp3) is 0.628. The number of allylic oxidation sites excluding steroid dienone is 1. The molecule has 1 aromatic carbocycles. The van der Waals surface area contributed by atoms with Crippen molar-refractivity contribution in [3.63, 3.8) is 0 Å². The molecule has 13 heteroatoms. The molecule has 6 N–H and O–H groups in total. The lowest BCUT2D eigenvalue weighted by atomic mass is 9.83. The number of amides is 3. The summed E-state index contributed by atoms with van der Waals surface area (Å²) in [7, 11) is 1.81. The summed E-state index contributed by atoms with van der Waals surface area (Å²) in [6, 6.07) is 7.00. The van der Waals surface area contributed by atoms with Crippen molar-refractivity contribution in [1.82, 2.24) is 26.2 Å². The molecule has 0 bridgehead atoms. The molecular weight excluding hydrogens is 719 g/mol. The van der Waals surface area contributed by atoms with Crippen LogP contribution in [0.4, 0.5) is 8.78 Å². The van der Waals surface area contributed by atoms with Gasteiger partial charge in [-0.3, -0.25) is 19.2 Å². The maximum Gasteiger partial charge on any atom is 0.246 e. The van der Waals surface area contributed by atoms with E-state index in [1.54, 1.807) is 11.1 Å². The third kappa shape index (κ3) is 21.6. The monoisotopic (exact) mass is 791 g/mol. The third-order valence-corrected chi connectivity index (χ3v) is 9.16. The van der Waals surface area contributed by atoms with Gasteiger partial charge in [-0.25, -0.2) is 8.78 Å². The number of rotatable bonds is 18. The van der Waals surface area contributed by atoms with Crippen LogP contribution in [-0.4, -0.2) is 72.7 Å². The predicted octanol–water partition coefficient (Wildman–Crippen LogP) is 7.41. The Kier molecular flexibility index (Phi) is 26.6. The molecule has 2 aliphatic rings. The predicted molar refractivity (Wildman–Crippen MR) is 222 cm³/mol. The summed E-state index contributed by atoms with van der Waals surface area (Å²) >= 11 is 0. The molecule has 2 fully saturated rings. The van der Waals surface area contributed by atoms with Crippen LogP contribution >= 0.6 is 0 Å². The third-order valence-electron chi connectivity index (χ3n) is 9.16. The normalized spacial score (nSPS) is 16.7. The number of hydrogen-bond acceptors (Lipinski definition) is 8. The number of carbonyl (C=O) groups is 4. The second kappa shape index (κ2) is 28.9. The first kappa shape index (κ1) is 51.6. The zero-order valence-electron chi connectivity index (χ0n) is 35.1. The highest BCUT2D eigenvalue weighted by atomic mass is 19.3. The van der Waals surface area contributed by atoms with Crippen molar-refractivity contribution in [3.05, 3.63) is 73.4 Å². The number of unbranched alkanes of at least 4 members (excludes halogenated alkanes) is 1. The van der Waals surface area contributed by atoms with E-state index >= 15 is 0 Å². The standard InChI is InChI=1S/C35H52F2N4O4.C4H10.C3H7N.CH3NO/c1-23(38-24(2)26-14-9-7-10-15-26)22-30(42)28(19-20-31(36)37)40-33(43)29-18-13-21-41(29)34(44)32(27-16-11-8-12-17-27)39-25(3)45-35(4,5)6;2*1-3-4-2;2-1-3/h7,9-10,14-15,24,27-29,31-32,38-39H,1,3,8,11-13,16-22H2,2,4-6H3,(H,40,43);3-4H2,1-2H3;3-4H,1H2,2H3;1H,(H2,2,3). The Balaban J connectivity index is 0.00000243. The zero-order chi connectivity index (χ0) is 42.7. The number of ketones is 1. The van der Waals surface area contributed by atoms with Crippen LogP contribution < -0.4 is 27.0 Å². The Morgan fingerprint density at radius 2 is 1.54 bits per heavy atom. The van der Waals surface area contributed by atoms with Crippen LogP contribution in [0.2, 0.25) is 0 Å². The van der Waals surface area contributed by atoms with E-state index in [9.17, 15) is 23.2 Å². The van der Waals surface area contributed by atoms with Gasteiger partial charge in [0.1, 0.15) is 17.7 Å². The second-order valence-corrected chi connectivity index (χ2v) is 15.0. The Bertz CT molecular complexity index is 1320. The number of primary amides is 1. The summed E-state index contributed by atoms with van der Waals surface area (Å²) in [5.41, 5.74) is 5.11. The first-order valence-electron chi connectivity index (χ1n) is 20.0. The average Bonchev–Trinajstić information content (AvgIpc) is 3.66. The quantitative estimate of drug-likeness (QED) is 0.0761. The van der Waals surface area contributed by atoms with E-state index in [-0.39, 0.29) is 37.1 Å². The van der Waals surface area contributed by atoms with Crippen LogP contribution in [0.3, 0.4) is 0 Å². The molecule has 3 amide bonds. The topological polar surface area (TPSA) is 155 Å². The number of benzene rings is 1. The maximum absolute atomic E-state index is 14.1. The Hall–Kier alpha value is -4.42. The molecule has 0 spiro atoms. The van der Waals surface area contributed by atoms with Gasteiger partial charge in [-0.2, -0.15) is 0 Å². The summed E-state index contributed by atoms with van der Waals surface area (Å²) in [6.45, 7) is 23.7. The van der Waals surface area contributed by atoms with Gasteiger partial charge in [0.25, 0.3) is 0 Å². The molecule has 0 aromatic heterocycles. The number of ether oxygens (including phenoxy) is 1. The van der Waals surface area contributed by atoms with Crippen LogP contribution in [0.1, 0.15) is 130 Å². The number of nitrogens with zero attached hydrogens (tertiary/aromatic N) is 1. The molecule has 1 aromatic rings. The minimum absolute atomic E-state index is 0.0630. The molecule has 3 rings (SSSR count). The first-order chi connectivity index (χ1) is 26.5. The van der Waals surface area contributed by atoms with Crippen LogP contribution in [0, 0.1) is 5.92 Å². The summed E-state index contributed by atoms with van der Waals surface area (Å²) in [4.78, 5) is 51.2. The van der Waals surface area contributed by atoms with E-state index < -0.39 is 48.3 Å². The highest BCUT2D eigenvalue weighted by Gasteiger charge is 2.41. The largest absolute Gasteiger partial charge is 0.474 e. The van der Waals surface area contributed by atoms with Gasteiger partial charge in [-0.15, -0.1) is 0 Å². The number of alkyl halides is 2. The van der Waals surface area contributed by atoms with Gasteiger partial charge in [0, 0.05) is 38.2 Å². The first-order valence-corrected chi connectivity index (χ1v) is 20.0. The van der Waals surface area contributed by atoms with Crippen molar-refractivity contribution in [2.24, 2.45) is 11.7 Å². The summed E-state index contributed by atoms with van der Waals surface area (Å²) in [6.07, 6.45) is 6.98. The van der Waals surface area contributed by atoms with Gasteiger partial charge in [-0.1, -0.05) is 89.4 Å². The Morgan fingerprint density at radius 1 is 0.964 bits per heavy atom. The van der Waals surface area contributed by atoms with Gasteiger partial charge < -0.3 is 36.6 Å². The summed E-state index contributed by atoms with van der Waals surface area (Å²) in [5.74, 6) is -0.749. The molecule has 1 aliphatic heterocycles. The molecular formula is C43H72F2N6O5. The maximum atomic E-state index is 14.1. The zero-order valence-corrected chi connectivity index (χ0v) is 35.1.